The standard InChI is InChI=1S/C20H28N4O3S/c1-6-24-17(5)19(16(4)21-24)28(26,27)23-11-9-22(10-12-23)20(25)18-8-7-14(2)15(3)13-18/h7-8,13H,6,9-12H2,1-5H3. The zero-order valence-corrected chi connectivity index (χ0v) is 18.0. The van der Waals surface area contributed by atoms with Crippen LogP contribution in [0.25, 0.3) is 0 Å². The highest BCUT2D eigenvalue weighted by Gasteiger charge is 2.34. The highest BCUT2D eigenvalue weighted by Crippen LogP contribution is 2.25. The quantitative estimate of drug-likeness (QED) is 0.784. The largest absolute Gasteiger partial charge is 0.336 e. The first-order chi connectivity index (χ1) is 13.2. The average molecular weight is 405 g/mol. The average Bonchev–Trinajstić information content (AvgIpc) is 2.97. The molecule has 7 nitrogen and oxygen atoms in total. The number of aryl methyl sites for hydroxylation is 4. The molecule has 1 amide bonds. The van der Waals surface area contributed by atoms with Crippen molar-refractivity contribution >= 4 is 15.9 Å². The maximum Gasteiger partial charge on any atom is 0.253 e. The number of nitrogens with zero attached hydrogens (tertiary/aromatic N) is 4. The van der Waals surface area contributed by atoms with E-state index in [4.69, 9.17) is 0 Å². The number of carbonyl (C=O) groups is 1. The smallest absolute Gasteiger partial charge is 0.253 e. The third-order valence-corrected chi connectivity index (χ3v) is 7.64. The number of hydrogen-bond acceptors (Lipinski definition) is 4. The Morgan fingerprint density at radius 1 is 1.04 bits per heavy atom. The first kappa shape index (κ1) is 20.5. The number of benzene rings is 1. The molecule has 0 atom stereocenters. The van der Waals surface area contributed by atoms with E-state index in [2.05, 4.69) is 5.10 Å². The van der Waals surface area contributed by atoms with Crippen LogP contribution in [0, 0.1) is 27.7 Å². The second-order valence-corrected chi connectivity index (χ2v) is 9.19. The van der Waals surface area contributed by atoms with E-state index in [0.717, 1.165) is 11.1 Å². The minimum atomic E-state index is -3.63. The van der Waals surface area contributed by atoms with E-state index < -0.39 is 10.0 Å². The molecule has 1 aliphatic heterocycles. The number of carbonyl (C=O) groups excluding carboxylic acids is 1. The lowest BCUT2D eigenvalue weighted by molar-refractivity contribution is 0.0697. The Hall–Kier alpha value is -2.19. The molecule has 28 heavy (non-hydrogen) atoms. The van der Waals surface area contributed by atoms with E-state index in [0.29, 0.717) is 41.5 Å². The summed E-state index contributed by atoms with van der Waals surface area (Å²) < 4.78 is 29.5. The highest BCUT2D eigenvalue weighted by molar-refractivity contribution is 7.89. The van der Waals surface area contributed by atoms with Crippen LogP contribution >= 0.6 is 0 Å². The van der Waals surface area contributed by atoms with Crippen LogP contribution in [0.15, 0.2) is 23.1 Å². The van der Waals surface area contributed by atoms with Gasteiger partial charge in [0.25, 0.3) is 5.91 Å². The third-order valence-electron chi connectivity index (χ3n) is 5.49. The second-order valence-electron chi connectivity index (χ2n) is 7.31. The van der Waals surface area contributed by atoms with Gasteiger partial charge in [-0.25, -0.2) is 8.42 Å². The summed E-state index contributed by atoms with van der Waals surface area (Å²) >= 11 is 0. The van der Waals surface area contributed by atoms with Gasteiger partial charge in [0.1, 0.15) is 4.90 Å². The molecule has 0 spiro atoms. The summed E-state index contributed by atoms with van der Waals surface area (Å²) in [5.41, 5.74) is 4.05. The lowest BCUT2D eigenvalue weighted by Crippen LogP contribution is -2.50. The zero-order valence-electron chi connectivity index (χ0n) is 17.2. The van der Waals surface area contributed by atoms with E-state index in [1.54, 1.807) is 23.4 Å². The van der Waals surface area contributed by atoms with Gasteiger partial charge in [0.15, 0.2) is 0 Å². The van der Waals surface area contributed by atoms with Crippen molar-refractivity contribution in [2.45, 2.75) is 46.1 Å². The Labute approximate surface area is 167 Å². The predicted octanol–water partition coefficient (Wildman–Crippen LogP) is 2.28. The number of rotatable bonds is 4. The van der Waals surface area contributed by atoms with E-state index in [9.17, 15) is 13.2 Å². The Balaban J connectivity index is 1.75. The minimum absolute atomic E-state index is 0.0497. The number of sulfonamides is 1. The van der Waals surface area contributed by atoms with E-state index >= 15 is 0 Å². The summed E-state index contributed by atoms with van der Waals surface area (Å²) in [5.74, 6) is -0.0497. The van der Waals surface area contributed by atoms with Gasteiger partial charge in [-0.05, 0) is 57.9 Å². The first-order valence-electron chi connectivity index (χ1n) is 9.57. The van der Waals surface area contributed by atoms with Crippen molar-refractivity contribution in [3.8, 4) is 0 Å². The fourth-order valence-corrected chi connectivity index (χ4v) is 5.47. The predicted molar refractivity (Wildman–Crippen MR) is 108 cm³/mol. The lowest BCUT2D eigenvalue weighted by atomic mass is 10.1. The van der Waals surface area contributed by atoms with Crippen LogP contribution in [0.2, 0.25) is 0 Å². The van der Waals surface area contributed by atoms with Gasteiger partial charge in [-0.2, -0.15) is 9.40 Å². The van der Waals surface area contributed by atoms with Crippen molar-refractivity contribution in [1.29, 1.82) is 0 Å². The van der Waals surface area contributed by atoms with Crippen LogP contribution < -0.4 is 0 Å². The molecule has 1 aromatic heterocycles. The first-order valence-corrected chi connectivity index (χ1v) is 11.0. The molecule has 2 aromatic rings. The van der Waals surface area contributed by atoms with Gasteiger partial charge in [0, 0.05) is 38.3 Å². The maximum atomic E-state index is 13.2. The topological polar surface area (TPSA) is 75.5 Å². The lowest BCUT2D eigenvalue weighted by Gasteiger charge is -2.34. The van der Waals surface area contributed by atoms with Crippen LogP contribution in [-0.2, 0) is 16.6 Å². The molecule has 1 fully saturated rings. The third kappa shape index (κ3) is 3.58. The van der Waals surface area contributed by atoms with Crippen LogP contribution in [0.1, 0.15) is 39.8 Å². The fourth-order valence-electron chi connectivity index (χ4n) is 3.68. The van der Waals surface area contributed by atoms with Crippen LogP contribution in [-0.4, -0.2) is 59.5 Å². The minimum Gasteiger partial charge on any atom is -0.336 e. The number of aromatic nitrogens is 2. The van der Waals surface area contributed by atoms with Crippen molar-refractivity contribution in [2.24, 2.45) is 0 Å². The molecule has 0 N–H and O–H groups in total. The molecule has 8 heteroatoms. The molecule has 0 saturated carbocycles. The molecule has 3 rings (SSSR count). The molecule has 0 unspecified atom stereocenters. The van der Waals surface area contributed by atoms with Crippen molar-refractivity contribution in [2.75, 3.05) is 26.2 Å². The van der Waals surface area contributed by atoms with Gasteiger partial charge in [0.05, 0.1) is 11.4 Å². The molecule has 152 valence electrons. The van der Waals surface area contributed by atoms with Gasteiger partial charge in [-0.3, -0.25) is 9.48 Å². The summed E-state index contributed by atoms with van der Waals surface area (Å²) in [6.45, 7) is 11.4. The van der Waals surface area contributed by atoms with Crippen LogP contribution in [0.4, 0.5) is 0 Å². The molecule has 1 aromatic carbocycles. The maximum absolute atomic E-state index is 13.2. The van der Waals surface area contributed by atoms with Crippen LogP contribution in [0.3, 0.4) is 0 Å². The zero-order chi connectivity index (χ0) is 20.6. The Morgan fingerprint density at radius 3 is 2.21 bits per heavy atom. The molecule has 1 aliphatic rings. The summed E-state index contributed by atoms with van der Waals surface area (Å²) in [7, 11) is -3.63. The van der Waals surface area contributed by atoms with Gasteiger partial charge in [-0.1, -0.05) is 6.07 Å². The molecule has 1 saturated heterocycles. The van der Waals surface area contributed by atoms with Gasteiger partial charge < -0.3 is 4.90 Å². The summed E-state index contributed by atoms with van der Waals surface area (Å²) in [4.78, 5) is 14.8. The Morgan fingerprint density at radius 2 is 1.68 bits per heavy atom. The Kier molecular flexibility index (Phi) is 5.63. The number of hydrogen-bond donors (Lipinski definition) is 0. The van der Waals surface area contributed by atoms with Gasteiger partial charge in [-0.15, -0.1) is 0 Å². The monoisotopic (exact) mass is 404 g/mol. The Bertz CT molecular complexity index is 1000. The fraction of sp³-hybridized carbons (Fsp3) is 0.500. The molecule has 0 radical (unpaired) electrons. The van der Waals surface area contributed by atoms with Crippen molar-refractivity contribution in [1.82, 2.24) is 19.0 Å². The van der Waals surface area contributed by atoms with E-state index in [-0.39, 0.29) is 19.0 Å². The van der Waals surface area contributed by atoms with Gasteiger partial charge in [0.2, 0.25) is 10.0 Å². The molecule has 0 aliphatic carbocycles. The number of piperazine rings is 1. The van der Waals surface area contributed by atoms with E-state index in [1.165, 1.54) is 4.31 Å². The van der Waals surface area contributed by atoms with Crippen molar-refractivity contribution in [3.63, 3.8) is 0 Å². The van der Waals surface area contributed by atoms with E-state index in [1.807, 2.05) is 39.0 Å². The van der Waals surface area contributed by atoms with Gasteiger partial charge >= 0.3 is 0 Å². The van der Waals surface area contributed by atoms with Crippen LogP contribution in [0.5, 0.6) is 0 Å². The molecule has 0 bridgehead atoms. The second kappa shape index (κ2) is 7.67. The normalized spacial score (nSPS) is 15.8. The molecular weight excluding hydrogens is 376 g/mol. The summed E-state index contributed by atoms with van der Waals surface area (Å²) in [6.07, 6.45) is 0. The van der Waals surface area contributed by atoms with Crippen molar-refractivity contribution < 1.29 is 13.2 Å². The summed E-state index contributed by atoms with van der Waals surface area (Å²) in [5, 5.41) is 4.33. The highest BCUT2D eigenvalue weighted by atomic mass is 32.2. The molecular formula is C20H28N4O3S. The summed E-state index contributed by atoms with van der Waals surface area (Å²) in [6, 6.07) is 5.67. The number of amides is 1. The molecule has 2 heterocycles. The SMILES string of the molecule is CCn1nc(C)c(S(=O)(=O)N2CCN(C(=O)c3ccc(C)c(C)c3)CC2)c1C. The van der Waals surface area contributed by atoms with Crippen molar-refractivity contribution in [3.05, 3.63) is 46.3 Å².